The van der Waals surface area contributed by atoms with E-state index in [1.165, 1.54) is 0 Å². The molecule has 1 aromatic rings. The van der Waals surface area contributed by atoms with Gasteiger partial charge in [0.05, 0.1) is 5.56 Å². The summed E-state index contributed by atoms with van der Waals surface area (Å²) in [5.74, 6) is -1.82. The lowest BCUT2D eigenvalue weighted by molar-refractivity contribution is -0.146. The Balaban J connectivity index is 3.30. The molecule has 0 radical (unpaired) electrons. The standard InChI is InChI=1S/C7H2F7N/c8-5-2-3(6(9,10)11)1-4(15-5)7(12,13)14/h1-2H. The van der Waals surface area contributed by atoms with Gasteiger partial charge in [-0.25, -0.2) is 4.98 Å². The van der Waals surface area contributed by atoms with Crippen LogP contribution < -0.4 is 0 Å². The van der Waals surface area contributed by atoms with E-state index in [-0.39, 0.29) is 12.1 Å². The van der Waals surface area contributed by atoms with Crippen LogP contribution in [0.25, 0.3) is 0 Å². The van der Waals surface area contributed by atoms with Crippen LogP contribution in [0.3, 0.4) is 0 Å². The Bertz CT molecular complexity index is 332. The van der Waals surface area contributed by atoms with Crippen molar-refractivity contribution in [2.45, 2.75) is 12.4 Å². The number of hydrogen-bond donors (Lipinski definition) is 0. The molecule has 0 aromatic carbocycles. The van der Waals surface area contributed by atoms with E-state index in [2.05, 4.69) is 4.98 Å². The maximum atomic E-state index is 12.4. The first kappa shape index (κ1) is 11.7. The summed E-state index contributed by atoms with van der Waals surface area (Å²) >= 11 is 0. The van der Waals surface area contributed by atoms with Gasteiger partial charge < -0.3 is 0 Å². The molecule has 0 atom stereocenters. The Labute approximate surface area is 78.5 Å². The molecule has 0 spiro atoms. The van der Waals surface area contributed by atoms with Crippen LogP contribution in [0, 0.1) is 5.95 Å². The monoisotopic (exact) mass is 233 g/mol. The van der Waals surface area contributed by atoms with Gasteiger partial charge in [0.1, 0.15) is 5.69 Å². The summed E-state index contributed by atoms with van der Waals surface area (Å²) in [6.07, 6.45) is -10.1. The molecule has 0 fully saturated rings. The Morgan fingerprint density at radius 2 is 1.40 bits per heavy atom. The summed E-state index contributed by atoms with van der Waals surface area (Å²) in [5, 5.41) is 0. The first-order valence-corrected chi connectivity index (χ1v) is 3.42. The van der Waals surface area contributed by atoms with Crippen LogP contribution in [-0.2, 0) is 12.4 Å². The molecule has 1 nitrogen and oxygen atoms in total. The minimum atomic E-state index is -5.11. The molecular formula is C7H2F7N. The minimum absolute atomic E-state index is 0.102. The van der Waals surface area contributed by atoms with Gasteiger partial charge in [-0.1, -0.05) is 0 Å². The zero-order chi connectivity index (χ0) is 11.9. The van der Waals surface area contributed by atoms with Crippen LogP contribution >= 0.6 is 0 Å². The molecule has 1 heterocycles. The number of aromatic nitrogens is 1. The molecule has 1 aromatic heterocycles. The van der Waals surface area contributed by atoms with E-state index in [1.54, 1.807) is 0 Å². The van der Waals surface area contributed by atoms with Crippen LogP contribution in [0.5, 0.6) is 0 Å². The molecule has 0 N–H and O–H groups in total. The maximum Gasteiger partial charge on any atom is 0.433 e. The zero-order valence-electron chi connectivity index (χ0n) is 6.75. The fraction of sp³-hybridized carbons (Fsp3) is 0.286. The predicted molar refractivity (Wildman–Crippen MR) is 34.2 cm³/mol. The fourth-order valence-corrected chi connectivity index (χ4v) is 0.806. The number of nitrogens with zero attached hydrogens (tertiary/aromatic N) is 1. The highest BCUT2D eigenvalue weighted by Gasteiger charge is 2.38. The van der Waals surface area contributed by atoms with Crippen LogP contribution in [0.2, 0.25) is 0 Å². The first-order valence-electron chi connectivity index (χ1n) is 3.42. The molecule has 0 aliphatic rings. The Kier molecular flexibility index (Phi) is 2.62. The quantitative estimate of drug-likeness (QED) is 0.495. The topological polar surface area (TPSA) is 12.9 Å². The summed E-state index contributed by atoms with van der Waals surface area (Å²) in [6.45, 7) is 0. The Morgan fingerprint density at radius 3 is 1.80 bits per heavy atom. The third-order valence-electron chi connectivity index (χ3n) is 1.41. The van der Waals surface area contributed by atoms with Crippen molar-refractivity contribution in [1.29, 1.82) is 0 Å². The summed E-state index contributed by atoms with van der Waals surface area (Å²) in [5.41, 5.74) is -3.63. The lowest BCUT2D eigenvalue weighted by atomic mass is 10.2. The van der Waals surface area contributed by atoms with Crippen molar-refractivity contribution in [3.05, 3.63) is 29.3 Å². The van der Waals surface area contributed by atoms with Crippen molar-refractivity contribution in [2.24, 2.45) is 0 Å². The van der Waals surface area contributed by atoms with Crippen molar-refractivity contribution in [2.75, 3.05) is 0 Å². The van der Waals surface area contributed by atoms with Gasteiger partial charge in [-0.2, -0.15) is 30.7 Å². The summed E-state index contributed by atoms with van der Waals surface area (Å²) in [6, 6.07) is -0.349. The molecule has 0 aliphatic carbocycles. The highest BCUT2D eigenvalue weighted by atomic mass is 19.4. The van der Waals surface area contributed by atoms with E-state index >= 15 is 0 Å². The molecule has 0 saturated carbocycles. The molecule has 8 heteroatoms. The lowest BCUT2D eigenvalue weighted by Crippen LogP contribution is -2.13. The van der Waals surface area contributed by atoms with Gasteiger partial charge in [0, 0.05) is 6.07 Å². The van der Waals surface area contributed by atoms with Gasteiger partial charge in [-0.3, -0.25) is 0 Å². The Morgan fingerprint density at radius 1 is 0.867 bits per heavy atom. The molecular weight excluding hydrogens is 231 g/mol. The second-order valence-electron chi connectivity index (χ2n) is 2.56. The predicted octanol–water partition coefficient (Wildman–Crippen LogP) is 3.26. The van der Waals surface area contributed by atoms with Crippen molar-refractivity contribution >= 4 is 0 Å². The van der Waals surface area contributed by atoms with Crippen LogP contribution in [0.15, 0.2) is 12.1 Å². The van der Waals surface area contributed by atoms with Gasteiger partial charge in [-0.15, -0.1) is 0 Å². The van der Waals surface area contributed by atoms with E-state index in [9.17, 15) is 30.7 Å². The molecule has 0 amide bonds. The van der Waals surface area contributed by atoms with E-state index < -0.39 is 29.6 Å². The van der Waals surface area contributed by atoms with Crippen molar-refractivity contribution in [1.82, 2.24) is 4.98 Å². The van der Waals surface area contributed by atoms with Gasteiger partial charge in [0.15, 0.2) is 0 Å². The minimum Gasteiger partial charge on any atom is -0.215 e. The smallest absolute Gasteiger partial charge is 0.215 e. The molecule has 0 bridgehead atoms. The number of hydrogen-bond acceptors (Lipinski definition) is 1. The summed E-state index contributed by atoms with van der Waals surface area (Å²) in [7, 11) is 0. The Hall–Kier alpha value is -1.34. The number of alkyl halides is 6. The average Bonchev–Trinajstić information content (AvgIpc) is 1.99. The molecule has 0 saturated heterocycles. The van der Waals surface area contributed by atoms with E-state index in [1.807, 2.05) is 0 Å². The van der Waals surface area contributed by atoms with Crippen LogP contribution in [-0.4, -0.2) is 4.98 Å². The first-order chi connectivity index (χ1) is 6.60. The maximum absolute atomic E-state index is 12.4. The number of halogens is 7. The SMILES string of the molecule is Fc1cc(C(F)(F)F)cc(C(F)(F)F)n1. The second-order valence-corrected chi connectivity index (χ2v) is 2.56. The van der Waals surface area contributed by atoms with Gasteiger partial charge in [-0.05, 0) is 6.07 Å². The second kappa shape index (κ2) is 3.35. The molecule has 0 aliphatic heterocycles. The third-order valence-corrected chi connectivity index (χ3v) is 1.41. The average molecular weight is 233 g/mol. The molecule has 1 rings (SSSR count). The van der Waals surface area contributed by atoms with Gasteiger partial charge in [0.2, 0.25) is 5.95 Å². The summed E-state index contributed by atoms with van der Waals surface area (Å²) < 4.78 is 84.1. The van der Waals surface area contributed by atoms with E-state index in [0.717, 1.165) is 0 Å². The number of pyridine rings is 1. The normalized spacial score (nSPS) is 13.0. The zero-order valence-corrected chi connectivity index (χ0v) is 6.75. The highest BCUT2D eigenvalue weighted by molar-refractivity contribution is 5.21. The van der Waals surface area contributed by atoms with Gasteiger partial charge in [0.25, 0.3) is 0 Å². The van der Waals surface area contributed by atoms with Gasteiger partial charge >= 0.3 is 12.4 Å². The third kappa shape index (κ3) is 2.80. The largest absolute Gasteiger partial charge is 0.433 e. The van der Waals surface area contributed by atoms with Crippen LogP contribution in [0.4, 0.5) is 30.7 Å². The van der Waals surface area contributed by atoms with Crippen LogP contribution in [0.1, 0.15) is 11.3 Å². The summed E-state index contributed by atoms with van der Waals surface area (Å²) in [4.78, 5) is 2.33. The molecule has 15 heavy (non-hydrogen) atoms. The van der Waals surface area contributed by atoms with E-state index in [0.29, 0.717) is 0 Å². The van der Waals surface area contributed by atoms with Crippen molar-refractivity contribution < 1.29 is 30.7 Å². The fourth-order valence-electron chi connectivity index (χ4n) is 0.806. The van der Waals surface area contributed by atoms with E-state index in [4.69, 9.17) is 0 Å². The molecule has 0 unspecified atom stereocenters. The lowest BCUT2D eigenvalue weighted by Gasteiger charge is -2.10. The highest BCUT2D eigenvalue weighted by Crippen LogP contribution is 2.34. The number of rotatable bonds is 0. The van der Waals surface area contributed by atoms with Crippen molar-refractivity contribution in [3.63, 3.8) is 0 Å². The van der Waals surface area contributed by atoms with Crippen molar-refractivity contribution in [3.8, 4) is 0 Å². The molecule has 84 valence electrons.